The smallest absolute Gasteiger partial charge is 0.341 e. The van der Waals surface area contributed by atoms with Crippen LogP contribution in [0, 0.1) is 0 Å². The lowest BCUT2D eigenvalue weighted by Crippen LogP contribution is -2.45. The third-order valence-electron chi connectivity index (χ3n) is 3.61. The van der Waals surface area contributed by atoms with Gasteiger partial charge in [0.2, 0.25) is 0 Å². The summed E-state index contributed by atoms with van der Waals surface area (Å²) in [6.07, 6.45) is 4.01. The summed E-state index contributed by atoms with van der Waals surface area (Å²) in [5.74, 6) is -0.307. The molecule has 1 aliphatic carbocycles. The number of carbonyl (C=O) groups is 1. The SMILES string of the molecule is CCOC(=O)c1cnn(C)c1CNC1CC(OCC)C1. The topological polar surface area (TPSA) is 65.4 Å². The number of nitrogens with one attached hydrogen (secondary N) is 1. The number of aromatic nitrogens is 2. The summed E-state index contributed by atoms with van der Waals surface area (Å²) < 4.78 is 12.3. The van der Waals surface area contributed by atoms with E-state index >= 15 is 0 Å². The quantitative estimate of drug-likeness (QED) is 0.762. The van der Waals surface area contributed by atoms with E-state index in [0.717, 1.165) is 25.1 Å². The number of hydrogen-bond donors (Lipinski definition) is 1. The van der Waals surface area contributed by atoms with Crippen LogP contribution in [0.4, 0.5) is 0 Å². The van der Waals surface area contributed by atoms with Crippen molar-refractivity contribution in [1.82, 2.24) is 15.1 Å². The summed E-state index contributed by atoms with van der Waals surface area (Å²) in [5.41, 5.74) is 1.41. The molecule has 0 saturated heterocycles. The zero-order valence-corrected chi connectivity index (χ0v) is 12.4. The van der Waals surface area contributed by atoms with Crippen molar-refractivity contribution in [3.8, 4) is 0 Å². The molecular formula is C14H23N3O3. The van der Waals surface area contributed by atoms with E-state index < -0.39 is 0 Å². The fourth-order valence-corrected chi connectivity index (χ4v) is 2.40. The number of carbonyl (C=O) groups excluding carboxylic acids is 1. The molecule has 20 heavy (non-hydrogen) atoms. The molecule has 0 aliphatic heterocycles. The number of ether oxygens (including phenoxy) is 2. The van der Waals surface area contributed by atoms with Crippen LogP contribution >= 0.6 is 0 Å². The summed E-state index contributed by atoms with van der Waals surface area (Å²) >= 11 is 0. The van der Waals surface area contributed by atoms with Crippen LogP contribution in [0.15, 0.2) is 6.20 Å². The summed E-state index contributed by atoms with van der Waals surface area (Å²) in [6, 6.07) is 0.455. The first kappa shape index (κ1) is 15.0. The second kappa shape index (κ2) is 6.85. The van der Waals surface area contributed by atoms with Crippen molar-refractivity contribution in [2.75, 3.05) is 13.2 Å². The molecule has 0 bridgehead atoms. The minimum absolute atomic E-state index is 0.307. The summed E-state index contributed by atoms with van der Waals surface area (Å²) in [4.78, 5) is 11.8. The van der Waals surface area contributed by atoms with Crippen molar-refractivity contribution < 1.29 is 14.3 Å². The van der Waals surface area contributed by atoms with Gasteiger partial charge in [-0.1, -0.05) is 0 Å². The number of esters is 1. The molecule has 1 aliphatic rings. The van der Waals surface area contributed by atoms with Gasteiger partial charge in [0.25, 0.3) is 0 Å². The van der Waals surface area contributed by atoms with Crippen LogP contribution in [0.5, 0.6) is 0 Å². The van der Waals surface area contributed by atoms with Crippen LogP contribution < -0.4 is 5.32 Å². The number of nitrogens with zero attached hydrogens (tertiary/aromatic N) is 2. The van der Waals surface area contributed by atoms with E-state index in [1.54, 1.807) is 17.8 Å². The Kier molecular flexibility index (Phi) is 5.14. The Balaban J connectivity index is 1.87. The Labute approximate surface area is 119 Å². The lowest BCUT2D eigenvalue weighted by Gasteiger charge is -2.35. The van der Waals surface area contributed by atoms with Crippen LogP contribution in [-0.2, 0) is 23.1 Å². The molecule has 0 spiro atoms. The molecule has 2 rings (SSSR count). The molecule has 0 aromatic carbocycles. The Morgan fingerprint density at radius 2 is 2.20 bits per heavy atom. The van der Waals surface area contributed by atoms with Crippen molar-refractivity contribution >= 4 is 5.97 Å². The van der Waals surface area contributed by atoms with E-state index in [1.165, 1.54) is 0 Å². The third kappa shape index (κ3) is 3.37. The molecule has 1 saturated carbocycles. The van der Waals surface area contributed by atoms with Crippen LogP contribution in [-0.4, -0.2) is 41.1 Å². The molecule has 6 nitrogen and oxygen atoms in total. The molecule has 1 fully saturated rings. The van der Waals surface area contributed by atoms with Gasteiger partial charge in [0.15, 0.2) is 0 Å². The lowest BCUT2D eigenvalue weighted by atomic mass is 9.89. The first-order valence-electron chi connectivity index (χ1n) is 7.18. The maximum atomic E-state index is 11.8. The van der Waals surface area contributed by atoms with E-state index in [4.69, 9.17) is 9.47 Å². The molecule has 1 heterocycles. The van der Waals surface area contributed by atoms with Gasteiger partial charge in [-0.05, 0) is 26.7 Å². The average molecular weight is 281 g/mol. The minimum atomic E-state index is -0.307. The Morgan fingerprint density at radius 3 is 2.85 bits per heavy atom. The van der Waals surface area contributed by atoms with Gasteiger partial charge in [-0.25, -0.2) is 4.79 Å². The standard InChI is InChI=1S/C14H23N3O3/c1-4-19-11-6-10(7-11)15-9-13-12(8-16-17(13)3)14(18)20-5-2/h8,10-11,15H,4-7,9H2,1-3H3. The molecule has 0 unspecified atom stereocenters. The van der Waals surface area contributed by atoms with Crippen molar-refractivity contribution in [3.63, 3.8) is 0 Å². The summed E-state index contributed by atoms with van der Waals surface area (Å²) in [7, 11) is 1.84. The Hall–Kier alpha value is -1.40. The van der Waals surface area contributed by atoms with E-state index in [9.17, 15) is 4.79 Å². The molecule has 0 radical (unpaired) electrons. The van der Waals surface area contributed by atoms with Crippen molar-refractivity contribution in [3.05, 3.63) is 17.5 Å². The maximum absolute atomic E-state index is 11.8. The van der Waals surface area contributed by atoms with Crippen LogP contribution in [0.3, 0.4) is 0 Å². The first-order chi connectivity index (χ1) is 9.65. The average Bonchev–Trinajstić information content (AvgIpc) is 2.74. The van der Waals surface area contributed by atoms with Crippen molar-refractivity contribution in [2.45, 2.75) is 45.4 Å². The first-order valence-corrected chi connectivity index (χ1v) is 7.18. The summed E-state index contributed by atoms with van der Waals surface area (Å²) in [5, 5.41) is 7.58. The van der Waals surface area contributed by atoms with Gasteiger partial charge >= 0.3 is 5.97 Å². The predicted octanol–water partition coefficient (Wildman–Crippen LogP) is 1.25. The number of hydrogen-bond acceptors (Lipinski definition) is 5. The van der Waals surface area contributed by atoms with Gasteiger partial charge in [-0.15, -0.1) is 0 Å². The molecule has 0 amide bonds. The van der Waals surface area contributed by atoms with Crippen LogP contribution in [0.25, 0.3) is 0 Å². The fraction of sp³-hybridized carbons (Fsp3) is 0.714. The highest BCUT2D eigenvalue weighted by molar-refractivity contribution is 5.90. The second-order valence-corrected chi connectivity index (χ2v) is 4.98. The van der Waals surface area contributed by atoms with E-state index in [1.807, 2.05) is 14.0 Å². The van der Waals surface area contributed by atoms with Gasteiger partial charge in [-0.3, -0.25) is 4.68 Å². The predicted molar refractivity (Wildman–Crippen MR) is 74.4 cm³/mol. The highest BCUT2D eigenvalue weighted by Crippen LogP contribution is 2.23. The molecule has 1 aromatic rings. The van der Waals surface area contributed by atoms with Crippen molar-refractivity contribution in [2.24, 2.45) is 7.05 Å². The highest BCUT2D eigenvalue weighted by Gasteiger charge is 2.29. The van der Waals surface area contributed by atoms with E-state index in [2.05, 4.69) is 10.4 Å². The van der Waals surface area contributed by atoms with Crippen LogP contribution in [0.1, 0.15) is 42.7 Å². The molecule has 6 heteroatoms. The number of aryl methyl sites for hydroxylation is 1. The second-order valence-electron chi connectivity index (χ2n) is 4.98. The van der Waals surface area contributed by atoms with E-state index in [0.29, 0.717) is 30.9 Å². The molecule has 1 aromatic heterocycles. The highest BCUT2D eigenvalue weighted by atomic mass is 16.5. The Bertz CT molecular complexity index is 453. The molecular weight excluding hydrogens is 258 g/mol. The van der Waals surface area contributed by atoms with E-state index in [-0.39, 0.29) is 5.97 Å². The zero-order chi connectivity index (χ0) is 14.5. The van der Waals surface area contributed by atoms with Gasteiger partial charge in [0.05, 0.1) is 24.6 Å². The molecule has 112 valence electrons. The number of rotatable bonds is 7. The molecule has 1 N–H and O–H groups in total. The lowest BCUT2D eigenvalue weighted by molar-refractivity contribution is -0.0104. The van der Waals surface area contributed by atoms with Gasteiger partial charge in [0.1, 0.15) is 5.56 Å². The maximum Gasteiger partial charge on any atom is 0.341 e. The summed E-state index contributed by atoms with van der Waals surface area (Å²) in [6.45, 7) is 5.58. The largest absolute Gasteiger partial charge is 0.462 e. The monoisotopic (exact) mass is 281 g/mol. The zero-order valence-electron chi connectivity index (χ0n) is 12.4. The van der Waals surface area contributed by atoms with Gasteiger partial charge < -0.3 is 14.8 Å². The van der Waals surface area contributed by atoms with Crippen molar-refractivity contribution in [1.29, 1.82) is 0 Å². The minimum Gasteiger partial charge on any atom is -0.462 e. The van der Waals surface area contributed by atoms with Gasteiger partial charge in [-0.2, -0.15) is 5.10 Å². The van der Waals surface area contributed by atoms with Crippen LogP contribution in [0.2, 0.25) is 0 Å². The third-order valence-corrected chi connectivity index (χ3v) is 3.61. The van der Waals surface area contributed by atoms with Gasteiger partial charge in [0, 0.05) is 26.2 Å². The fourth-order valence-electron chi connectivity index (χ4n) is 2.40. The molecule has 0 atom stereocenters. The normalized spacial score (nSPS) is 21.6. The Morgan fingerprint density at radius 1 is 1.45 bits per heavy atom.